The van der Waals surface area contributed by atoms with Gasteiger partial charge in [0, 0.05) is 5.02 Å². The lowest BCUT2D eigenvalue weighted by Crippen LogP contribution is -2.28. The fourth-order valence-corrected chi connectivity index (χ4v) is 2.42. The number of ether oxygens (including phenoxy) is 3. The van der Waals surface area contributed by atoms with E-state index in [1.54, 1.807) is 56.5 Å². The van der Waals surface area contributed by atoms with Gasteiger partial charge in [0.15, 0.2) is 6.10 Å². The van der Waals surface area contributed by atoms with Crippen LogP contribution in [0.4, 0.5) is 0 Å². The summed E-state index contributed by atoms with van der Waals surface area (Å²) in [5.41, 5.74) is 0. The van der Waals surface area contributed by atoms with E-state index in [9.17, 15) is 4.79 Å². The number of methoxy groups -OCH3 is 1. The molecule has 1 atom stereocenters. The number of carbonyl (C=O) groups is 1. The van der Waals surface area contributed by atoms with Crippen molar-refractivity contribution in [2.45, 2.75) is 13.0 Å². The van der Waals surface area contributed by atoms with Crippen LogP contribution in [0.2, 0.25) is 5.02 Å². The zero-order chi connectivity index (χ0) is 16.1. The molecule has 4 nitrogen and oxygen atoms in total. The number of esters is 1. The standard InChI is InChI=1S/C16H14BrClO4/c1-10(21-13-6-4-12(20-2)5-7-13)16(19)22-15-8-3-11(18)9-14(15)17/h3-10H,1-2H3. The van der Waals surface area contributed by atoms with E-state index in [1.807, 2.05) is 0 Å². The average molecular weight is 386 g/mol. The van der Waals surface area contributed by atoms with Crippen molar-refractivity contribution in [3.8, 4) is 17.2 Å². The fraction of sp³-hybridized carbons (Fsp3) is 0.188. The van der Waals surface area contributed by atoms with Gasteiger partial charge in [-0.15, -0.1) is 0 Å². The third-order valence-electron chi connectivity index (χ3n) is 2.81. The monoisotopic (exact) mass is 384 g/mol. The summed E-state index contributed by atoms with van der Waals surface area (Å²) < 4.78 is 16.5. The average Bonchev–Trinajstić information content (AvgIpc) is 2.50. The van der Waals surface area contributed by atoms with Gasteiger partial charge in [-0.3, -0.25) is 0 Å². The van der Waals surface area contributed by atoms with E-state index in [1.165, 1.54) is 0 Å². The molecule has 0 aliphatic carbocycles. The second kappa shape index (κ2) is 7.51. The van der Waals surface area contributed by atoms with Crippen molar-refractivity contribution < 1.29 is 19.0 Å². The van der Waals surface area contributed by atoms with E-state index in [2.05, 4.69) is 15.9 Å². The molecule has 0 N–H and O–H groups in total. The summed E-state index contributed by atoms with van der Waals surface area (Å²) in [5, 5.41) is 0.550. The highest BCUT2D eigenvalue weighted by molar-refractivity contribution is 9.10. The molecule has 2 rings (SSSR count). The van der Waals surface area contributed by atoms with Gasteiger partial charge in [-0.1, -0.05) is 11.6 Å². The molecular formula is C16H14BrClO4. The number of hydrogen-bond donors (Lipinski definition) is 0. The molecule has 2 aromatic carbocycles. The molecule has 0 saturated heterocycles. The predicted molar refractivity (Wildman–Crippen MR) is 87.9 cm³/mol. The Morgan fingerprint density at radius 3 is 2.36 bits per heavy atom. The molecule has 1 unspecified atom stereocenters. The number of benzene rings is 2. The second-order valence-corrected chi connectivity index (χ2v) is 5.72. The SMILES string of the molecule is COc1ccc(OC(C)C(=O)Oc2ccc(Cl)cc2Br)cc1. The second-order valence-electron chi connectivity index (χ2n) is 4.43. The molecule has 116 valence electrons. The molecule has 0 saturated carbocycles. The lowest BCUT2D eigenvalue weighted by Gasteiger charge is -2.14. The molecule has 0 amide bonds. The summed E-state index contributed by atoms with van der Waals surface area (Å²) in [5.74, 6) is 1.16. The summed E-state index contributed by atoms with van der Waals surface area (Å²) in [6.45, 7) is 1.62. The maximum absolute atomic E-state index is 12.1. The number of rotatable bonds is 5. The molecule has 0 spiro atoms. The molecule has 2 aromatic rings. The van der Waals surface area contributed by atoms with Crippen LogP contribution >= 0.6 is 27.5 Å². The Hall–Kier alpha value is -1.72. The van der Waals surface area contributed by atoms with E-state index >= 15 is 0 Å². The largest absolute Gasteiger partial charge is 0.497 e. The zero-order valence-electron chi connectivity index (χ0n) is 12.0. The molecule has 0 aromatic heterocycles. The lowest BCUT2D eigenvalue weighted by molar-refractivity contribution is -0.141. The lowest BCUT2D eigenvalue weighted by atomic mass is 10.3. The zero-order valence-corrected chi connectivity index (χ0v) is 14.3. The maximum Gasteiger partial charge on any atom is 0.352 e. The van der Waals surface area contributed by atoms with Crippen molar-refractivity contribution in [1.82, 2.24) is 0 Å². The highest BCUT2D eigenvalue weighted by atomic mass is 79.9. The van der Waals surface area contributed by atoms with Gasteiger partial charge in [0.2, 0.25) is 0 Å². The van der Waals surface area contributed by atoms with Crippen molar-refractivity contribution >= 4 is 33.5 Å². The Morgan fingerprint density at radius 1 is 1.14 bits per heavy atom. The highest BCUT2D eigenvalue weighted by Gasteiger charge is 2.18. The summed E-state index contributed by atoms with van der Waals surface area (Å²) in [6, 6.07) is 11.9. The molecule has 0 bridgehead atoms. The molecule has 0 aliphatic rings. The first-order valence-electron chi connectivity index (χ1n) is 6.47. The topological polar surface area (TPSA) is 44.8 Å². The van der Waals surface area contributed by atoms with Crippen LogP contribution in [0.1, 0.15) is 6.92 Å². The molecule has 0 radical (unpaired) electrons. The van der Waals surface area contributed by atoms with Crippen LogP contribution in [0.3, 0.4) is 0 Å². The van der Waals surface area contributed by atoms with Gasteiger partial charge >= 0.3 is 5.97 Å². The quantitative estimate of drug-likeness (QED) is 0.562. The Kier molecular flexibility index (Phi) is 5.69. The van der Waals surface area contributed by atoms with Crippen molar-refractivity contribution in [1.29, 1.82) is 0 Å². The summed E-state index contributed by atoms with van der Waals surface area (Å²) >= 11 is 9.13. The maximum atomic E-state index is 12.1. The number of hydrogen-bond acceptors (Lipinski definition) is 4. The molecule has 22 heavy (non-hydrogen) atoms. The van der Waals surface area contributed by atoms with Crippen molar-refractivity contribution in [2.75, 3.05) is 7.11 Å². The van der Waals surface area contributed by atoms with E-state index in [0.29, 0.717) is 26.7 Å². The van der Waals surface area contributed by atoms with Crippen LogP contribution < -0.4 is 14.2 Å². The van der Waals surface area contributed by atoms with Crippen LogP contribution in [0.15, 0.2) is 46.9 Å². The van der Waals surface area contributed by atoms with Gasteiger partial charge in [0.05, 0.1) is 11.6 Å². The van der Waals surface area contributed by atoms with Crippen LogP contribution in [0, 0.1) is 0 Å². The smallest absolute Gasteiger partial charge is 0.352 e. The van der Waals surface area contributed by atoms with Gasteiger partial charge in [0.1, 0.15) is 17.2 Å². The van der Waals surface area contributed by atoms with Gasteiger partial charge in [-0.2, -0.15) is 0 Å². The van der Waals surface area contributed by atoms with Crippen LogP contribution in [0.25, 0.3) is 0 Å². The minimum Gasteiger partial charge on any atom is -0.497 e. The summed E-state index contributed by atoms with van der Waals surface area (Å²) in [4.78, 5) is 12.1. The third-order valence-corrected chi connectivity index (χ3v) is 3.66. The first-order valence-corrected chi connectivity index (χ1v) is 7.64. The Morgan fingerprint density at radius 2 is 1.77 bits per heavy atom. The Bertz CT molecular complexity index is 658. The van der Waals surface area contributed by atoms with E-state index < -0.39 is 12.1 Å². The first kappa shape index (κ1) is 16.6. The Balaban J connectivity index is 1.99. The van der Waals surface area contributed by atoms with Gasteiger partial charge in [-0.25, -0.2) is 4.79 Å². The van der Waals surface area contributed by atoms with E-state index in [4.69, 9.17) is 25.8 Å². The minimum atomic E-state index is -0.754. The summed E-state index contributed by atoms with van der Waals surface area (Å²) in [7, 11) is 1.58. The van der Waals surface area contributed by atoms with Crippen molar-refractivity contribution in [3.63, 3.8) is 0 Å². The van der Waals surface area contributed by atoms with E-state index in [0.717, 1.165) is 0 Å². The van der Waals surface area contributed by atoms with Crippen molar-refractivity contribution in [2.24, 2.45) is 0 Å². The number of halogens is 2. The molecule has 0 heterocycles. The van der Waals surface area contributed by atoms with Crippen LogP contribution in [-0.4, -0.2) is 19.2 Å². The van der Waals surface area contributed by atoms with E-state index in [-0.39, 0.29) is 0 Å². The number of carbonyl (C=O) groups excluding carboxylic acids is 1. The van der Waals surface area contributed by atoms with Crippen molar-refractivity contribution in [3.05, 3.63) is 52.0 Å². The van der Waals surface area contributed by atoms with Gasteiger partial charge < -0.3 is 14.2 Å². The predicted octanol–water partition coefficient (Wildman–Crippen LogP) is 4.48. The Labute approximate surface area is 142 Å². The fourth-order valence-electron chi connectivity index (χ4n) is 1.66. The van der Waals surface area contributed by atoms with Crippen LogP contribution in [0.5, 0.6) is 17.2 Å². The molecule has 0 fully saturated rings. The summed E-state index contributed by atoms with van der Waals surface area (Å²) in [6.07, 6.45) is -0.754. The molecular weight excluding hydrogens is 372 g/mol. The van der Waals surface area contributed by atoms with Gasteiger partial charge in [0.25, 0.3) is 0 Å². The first-order chi connectivity index (χ1) is 10.5. The third kappa shape index (κ3) is 4.39. The highest BCUT2D eigenvalue weighted by Crippen LogP contribution is 2.28. The molecule has 6 heteroatoms. The molecule has 0 aliphatic heterocycles. The minimum absolute atomic E-state index is 0.389. The van der Waals surface area contributed by atoms with Gasteiger partial charge in [-0.05, 0) is 65.3 Å². The normalized spacial score (nSPS) is 11.6. The van der Waals surface area contributed by atoms with Crippen LogP contribution in [-0.2, 0) is 4.79 Å².